The summed E-state index contributed by atoms with van der Waals surface area (Å²) >= 11 is 0. The Balaban J connectivity index is 2.68. The van der Waals surface area contributed by atoms with Gasteiger partial charge in [-0.25, -0.2) is 0 Å². The highest BCUT2D eigenvalue weighted by molar-refractivity contribution is 5.80. The van der Waals surface area contributed by atoms with Crippen molar-refractivity contribution < 1.29 is 4.92 Å². The Morgan fingerprint density at radius 1 is 1.50 bits per heavy atom. The van der Waals surface area contributed by atoms with E-state index in [-0.39, 0.29) is 5.69 Å². The minimum Gasteiger partial charge on any atom is -0.361 e. The van der Waals surface area contributed by atoms with E-state index >= 15 is 0 Å². The average molecular weight is 161 g/mol. The molecule has 0 saturated carbocycles. The van der Waals surface area contributed by atoms with Crippen molar-refractivity contribution in [3.8, 4) is 0 Å². The van der Waals surface area contributed by atoms with E-state index in [1.165, 1.54) is 12.1 Å². The van der Waals surface area contributed by atoms with E-state index < -0.39 is 4.92 Å². The van der Waals surface area contributed by atoms with Crippen molar-refractivity contribution in [1.29, 1.82) is 0 Å². The standard InChI is InChI=1S/C8H5N2O2/c11-10(12)7-1-2-8-6(5-7)3-4-9-8/h1-2,4-5,9H. The lowest BCUT2D eigenvalue weighted by atomic mass is 10.2. The van der Waals surface area contributed by atoms with Gasteiger partial charge in [0.1, 0.15) is 0 Å². The highest BCUT2D eigenvalue weighted by Gasteiger charge is 2.05. The molecule has 0 atom stereocenters. The molecule has 2 rings (SSSR count). The molecule has 59 valence electrons. The van der Waals surface area contributed by atoms with Crippen LogP contribution in [0.25, 0.3) is 10.9 Å². The third-order valence-corrected chi connectivity index (χ3v) is 1.67. The molecular weight excluding hydrogens is 156 g/mol. The van der Waals surface area contributed by atoms with Gasteiger partial charge in [-0.3, -0.25) is 10.1 Å². The average Bonchev–Trinajstić information content (AvgIpc) is 2.49. The Bertz CT molecular complexity index is 433. The zero-order valence-corrected chi connectivity index (χ0v) is 6.07. The van der Waals surface area contributed by atoms with Gasteiger partial charge in [0.05, 0.1) is 4.92 Å². The molecule has 0 unspecified atom stereocenters. The number of nitrogens with zero attached hydrogens (tertiary/aromatic N) is 1. The molecule has 1 aromatic heterocycles. The van der Waals surface area contributed by atoms with Crippen LogP contribution in [0.1, 0.15) is 0 Å². The van der Waals surface area contributed by atoms with Crippen LogP contribution in [0.3, 0.4) is 0 Å². The molecule has 0 amide bonds. The first-order valence-electron chi connectivity index (χ1n) is 3.40. The van der Waals surface area contributed by atoms with Gasteiger partial charge in [-0.1, -0.05) is 0 Å². The predicted molar refractivity (Wildman–Crippen MR) is 43.8 cm³/mol. The first-order chi connectivity index (χ1) is 5.77. The zero-order chi connectivity index (χ0) is 8.55. The summed E-state index contributed by atoms with van der Waals surface area (Å²) in [4.78, 5) is 12.8. The maximum atomic E-state index is 10.3. The molecule has 0 spiro atoms. The van der Waals surface area contributed by atoms with Crippen LogP contribution in [-0.2, 0) is 0 Å². The van der Waals surface area contributed by atoms with Gasteiger partial charge in [0, 0.05) is 35.3 Å². The molecule has 0 bridgehead atoms. The normalized spacial score (nSPS) is 10.3. The zero-order valence-electron chi connectivity index (χ0n) is 6.07. The van der Waals surface area contributed by atoms with Crippen LogP contribution in [0.2, 0.25) is 0 Å². The van der Waals surface area contributed by atoms with Gasteiger partial charge in [0.15, 0.2) is 0 Å². The van der Waals surface area contributed by atoms with E-state index in [1.807, 2.05) is 0 Å². The molecule has 4 nitrogen and oxygen atoms in total. The summed E-state index contributed by atoms with van der Waals surface area (Å²) in [7, 11) is 0. The van der Waals surface area contributed by atoms with Crippen molar-refractivity contribution in [2.24, 2.45) is 0 Å². The van der Waals surface area contributed by atoms with Crippen molar-refractivity contribution in [3.05, 3.63) is 40.6 Å². The molecule has 0 fully saturated rings. The van der Waals surface area contributed by atoms with E-state index in [9.17, 15) is 10.1 Å². The SMILES string of the molecule is O=[N+]([O-])c1ccc2[nH]c[c]c2c1. The second kappa shape index (κ2) is 2.34. The Kier molecular flexibility index (Phi) is 1.33. The fourth-order valence-corrected chi connectivity index (χ4v) is 1.08. The Morgan fingerprint density at radius 3 is 3.08 bits per heavy atom. The molecule has 2 aromatic rings. The number of nitro benzene ring substituents is 1. The van der Waals surface area contributed by atoms with Crippen LogP contribution in [0.4, 0.5) is 5.69 Å². The van der Waals surface area contributed by atoms with Crippen LogP contribution in [0, 0.1) is 16.2 Å². The van der Waals surface area contributed by atoms with E-state index in [2.05, 4.69) is 11.1 Å². The van der Waals surface area contributed by atoms with Crippen molar-refractivity contribution in [3.63, 3.8) is 0 Å². The molecule has 1 aromatic carbocycles. The second-order valence-corrected chi connectivity index (χ2v) is 2.42. The Labute approximate surface area is 68.0 Å². The van der Waals surface area contributed by atoms with E-state index in [1.54, 1.807) is 12.3 Å². The van der Waals surface area contributed by atoms with E-state index in [0.717, 1.165) is 10.9 Å². The maximum Gasteiger partial charge on any atom is 0.270 e. The second-order valence-electron chi connectivity index (χ2n) is 2.42. The van der Waals surface area contributed by atoms with Gasteiger partial charge in [-0.05, 0) is 6.07 Å². The first kappa shape index (κ1) is 6.84. The third-order valence-electron chi connectivity index (χ3n) is 1.67. The summed E-state index contributed by atoms with van der Waals surface area (Å²) in [6.07, 6.45) is 1.63. The number of hydrogen-bond donors (Lipinski definition) is 1. The molecule has 1 radical (unpaired) electrons. The van der Waals surface area contributed by atoms with Gasteiger partial charge < -0.3 is 4.98 Å². The lowest BCUT2D eigenvalue weighted by Gasteiger charge is -1.90. The summed E-state index contributed by atoms with van der Waals surface area (Å²) in [5.74, 6) is 0. The number of nitrogens with one attached hydrogen (secondary N) is 1. The molecule has 1 N–H and O–H groups in total. The molecule has 0 aliphatic rings. The van der Waals surface area contributed by atoms with Crippen molar-refractivity contribution in [2.75, 3.05) is 0 Å². The summed E-state index contributed by atoms with van der Waals surface area (Å²) in [5.41, 5.74) is 0.957. The number of nitro groups is 1. The first-order valence-corrected chi connectivity index (χ1v) is 3.40. The summed E-state index contributed by atoms with van der Waals surface area (Å²) < 4.78 is 0. The van der Waals surface area contributed by atoms with Crippen LogP contribution in [-0.4, -0.2) is 9.91 Å². The van der Waals surface area contributed by atoms with Gasteiger partial charge in [-0.2, -0.15) is 0 Å². The number of benzene rings is 1. The quantitative estimate of drug-likeness (QED) is 0.512. The minimum absolute atomic E-state index is 0.0957. The molecule has 0 aliphatic heterocycles. The maximum absolute atomic E-state index is 10.3. The molecule has 4 heteroatoms. The number of rotatable bonds is 1. The molecule has 0 aliphatic carbocycles. The van der Waals surface area contributed by atoms with Crippen molar-refractivity contribution in [2.45, 2.75) is 0 Å². The van der Waals surface area contributed by atoms with Crippen LogP contribution in [0.15, 0.2) is 24.4 Å². The summed E-state index contributed by atoms with van der Waals surface area (Å²) in [6, 6.07) is 7.48. The molecule has 1 heterocycles. The highest BCUT2D eigenvalue weighted by Crippen LogP contribution is 2.18. The van der Waals surface area contributed by atoms with Crippen LogP contribution in [0.5, 0.6) is 0 Å². The van der Waals surface area contributed by atoms with Crippen molar-refractivity contribution in [1.82, 2.24) is 4.98 Å². The summed E-state index contributed by atoms with van der Waals surface area (Å²) in [5, 5.41) is 11.1. The van der Waals surface area contributed by atoms with Gasteiger partial charge >= 0.3 is 0 Å². The number of H-pyrrole nitrogens is 1. The number of aromatic nitrogens is 1. The summed E-state index contributed by atoms with van der Waals surface area (Å²) in [6.45, 7) is 0. The van der Waals surface area contributed by atoms with Crippen LogP contribution >= 0.6 is 0 Å². The monoisotopic (exact) mass is 161 g/mol. The van der Waals surface area contributed by atoms with E-state index in [4.69, 9.17) is 0 Å². The fourth-order valence-electron chi connectivity index (χ4n) is 1.08. The Hall–Kier alpha value is -1.84. The lowest BCUT2D eigenvalue weighted by molar-refractivity contribution is -0.384. The highest BCUT2D eigenvalue weighted by atomic mass is 16.6. The van der Waals surface area contributed by atoms with Gasteiger partial charge in [-0.15, -0.1) is 0 Å². The van der Waals surface area contributed by atoms with Crippen LogP contribution < -0.4 is 0 Å². The molecule has 0 saturated heterocycles. The smallest absolute Gasteiger partial charge is 0.270 e. The number of non-ortho nitro benzene ring substituents is 1. The minimum atomic E-state index is -0.416. The van der Waals surface area contributed by atoms with Gasteiger partial charge in [0.2, 0.25) is 0 Å². The molecular formula is C8H5N2O2. The van der Waals surface area contributed by atoms with Gasteiger partial charge in [0.25, 0.3) is 5.69 Å². The Morgan fingerprint density at radius 2 is 2.33 bits per heavy atom. The number of fused-ring (bicyclic) bond motifs is 1. The molecule has 12 heavy (non-hydrogen) atoms. The van der Waals surface area contributed by atoms with Crippen molar-refractivity contribution >= 4 is 16.6 Å². The largest absolute Gasteiger partial charge is 0.361 e. The number of hydrogen-bond acceptors (Lipinski definition) is 2. The topological polar surface area (TPSA) is 58.9 Å². The van der Waals surface area contributed by atoms with E-state index in [0.29, 0.717) is 0 Å². The number of aromatic amines is 1. The fraction of sp³-hybridized carbons (Fsp3) is 0. The third kappa shape index (κ3) is 0.934. The predicted octanol–water partition coefficient (Wildman–Crippen LogP) is 1.88. The lowest BCUT2D eigenvalue weighted by Crippen LogP contribution is -1.86.